The summed E-state index contributed by atoms with van der Waals surface area (Å²) in [5.74, 6) is -0.0346. The third kappa shape index (κ3) is 5.35. The van der Waals surface area contributed by atoms with E-state index in [9.17, 15) is 14.9 Å². The molecule has 0 unspecified atom stereocenters. The quantitative estimate of drug-likeness (QED) is 0.407. The first-order valence-electron chi connectivity index (χ1n) is 6.75. The number of anilines is 1. The molecule has 0 saturated carbocycles. The number of carbonyl (C=O) groups excluding carboxylic acids is 1. The fourth-order valence-corrected chi connectivity index (χ4v) is 1.62. The molecule has 0 fully saturated rings. The summed E-state index contributed by atoms with van der Waals surface area (Å²) in [6, 6.07) is 1.23. The van der Waals surface area contributed by atoms with Crippen LogP contribution in [0.3, 0.4) is 0 Å². The zero-order valence-corrected chi connectivity index (χ0v) is 12.2. The van der Waals surface area contributed by atoms with Gasteiger partial charge >= 0.3 is 0 Å². The van der Waals surface area contributed by atoms with Gasteiger partial charge in [-0.3, -0.25) is 14.9 Å². The molecule has 1 aromatic heterocycles. The molecular formula is C13H20N4O4. The highest BCUT2D eigenvalue weighted by atomic mass is 16.6. The van der Waals surface area contributed by atoms with E-state index >= 15 is 0 Å². The lowest BCUT2D eigenvalue weighted by atomic mass is 10.2. The molecule has 8 nitrogen and oxygen atoms in total. The molecule has 0 atom stereocenters. The third-order valence-electron chi connectivity index (χ3n) is 2.68. The van der Waals surface area contributed by atoms with E-state index < -0.39 is 4.92 Å². The molecule has 116 valence electrons. The number of hydrogen-bond donors (Lipinski definition) is 2. The van der Waals surface area contributed by atoms with Crippen molar-refractivity contribution in [3.8, 4) is 0 Å². The summed E-state index contributed by atoms with van der Waals surface area (Å²) in [5, 5.41) is 16.5. The molecule has 0 radical (unpaired) electrons. The molecule has 0 bridgehead atoms. The number of ether oxygens (including phenoxy) is 1. The minimum absolute atomic E-state index is 0.176. The van der Waals surface area contributed by atoms with Gasteiger partial charge < -0.3 is 15.4 Å². The molecule has 1 aromatic rings. The van der Waals surface area contributed by atoms with Crippen molar-refractivity contribution >= 4 is 17.4 Å². The minimum atomic E-state index is -0.571. The Morgan fingerprint density at radius 1 is 1.48 bits per heavy atom. The standard InChI is InChI=1S/C13H20N4O4/c1-3-5-14-12-11(8-10(9-16-12)17(19)20)13(18)15-6-4-7-21-2/h8-9H,3-7H2,1-2H3,(H,14,16)(H,15,18). The van der Waals surface area contributed by atoms with Crippen molar-refractivity contribution in [3.63, 3.8) is 0 Å². The van der Waals surface area contributed by atoms with Gasteiger partial charge in [0.2, 0.25) is 0 Å². The van der Waals surface area contributed by atoms with Gasteiger partial charge in [-0.15, -0.1) is 0 Å². The molecule has 2 N–H and O–H groups in total. The fraction of sp³-hybridized carbons (Fsp3) is 0.538. The van der Waals surface area contributed by atoms with Gasteiger partial charge in [0.05, 0.1) is 10.5 Å². The van der Waals surface area contributed by atoms with Gasteiger partial charge in [-0.2, -0.15) is 0 Å². The summed E-state index contributed by atoms with van der Waals surface area (Å²) in [7, 11) is 1.58. The van der Waals surface area contributed by atoms with Crippen molar-refractivity contribution in [2.45, 2.75) is 19.8 Å². The Morgan fingerprint density at radius 3 is 2.86 bits per heavy atom. The molecule has 1 amide bonds. The van der Waals surface area contributed by atoms with Gasteiger partial charge in [0.15, 0.2) is 0 Å². The first-order valence-corrected chi connectivity index (χ1v) is 6.75. The third-order valence-corrected chi connectivity index (χ3v) is 2.68. The number of methoxy groups -OCH3 is 1. The van der Waals surface area contributed by atoms with Crippen LogP contribution in [0, 0.1) is 10.1 Å². The van der Waals surface area contributed by atoms with Crippen molar-refractivity contribution < 1.29 is 14.5 Å². The van der Waals surface area contributed by atoms with E-state index in [0.29, 0.717) is 31.9 Å². The average Bonchev–Trinajstić information content (AvgIpc) is 2.49. The van der Waals surface area contributed by atoms with Crippen LogP contribution in [0.1, 0.15) is 30.1 Å². The van der Waals surface area contributed by atoms with Crippen LogP contribution in [-0.4, -0.2) is 42.6 Å². The van der Waals surface area contributed by atoms with E-state index in [-0.39, 0.29) is 17.2 Å². The van der Waals surface area contributed by atoms with E-state index in [1.807, 2.05) is 6.92 Å². The summed E-state index contributed by atoms with van der Waals surface area (Å²) in [6.45, 7) is 3.58. The van der Waals surface area contributed by atoms with Gasteiger partial charge in [0.25, 0.3) is 11.6 Å². The maximum atomic E-state index is 12.1. The SMILES string of the molecule is CCCNc1ncc([N+](=O)[O-])cc1C(=O)NCCCOC. The van der Waals surface area contributed by atoms with E-state index in [0.717, 1.165) is 12.6 Å². The Kier molecular flexibility index (Phi) is 7.10. The van der Waals surface area contributed by atoms with E-state index in [2.05, 4.69) is 15.6 Å². The first kappa shape index (κ1) is 16.8. The molecule has 1 rings (SSSR count). The topological polar surface area (TPSA) is 106 Å². The normalized spacial score (nSPS) is 10.2. The second kappa shape index (κ2) is 8.85. The highest BCUT2D eigenvalue weighted by molar-refractivity contribution is 5.99. The highest BCUT2D eigenvalue weighted by Crippen LogP contribution is 2.19. The van der Waals surface area contributed by atoms with Crippen LogP contribution in [0.4, 0.5) is 11.5 Å². The molecule has 0 aliphatic rings. The maximum Gasteiger partial charge on any atom is 0.288 e. The number of aromatic nitrogens is 1. The lowest BCUT2D eigenvalue weighted by Gasteiger charge is -2.10. The number of hydrogen-bond acceptors (Lipinski definition) is 6. The predicted octanol–water partition coefficient (Wildman–Crippen LogP) is 1.58. The Morgan fingerprint density at radius 2 is 2.24 bits per heavy atom. The fourth-order valence-electron chi connectivity index (χ4n) is 1.62. The van der Waals surface area contributed by atoms with Crippen molar-refractivity contribution in [1.82, 2.24) is 10.3 Å². The van der Waals surface area contributed by atoms with Crippen molar-refractivity contribution in [3.05, 3.63) is 27.9 Å². The van der Waals surface area contributed by atoms with E-state index in [1.54, 1.807) is 7.11 Å². The highest BCUT2D eigenvalue weighted by Gasteiger charge is 2.17. The van der Waals surface area contributed by atoms with Crippen LogP contribution in [0.25, 0.3) is 0 Å². The second-order valence-electron chi connectivity index (χ2n) is 4.38. The zero-order chi connectivity index (χ0) is 15.7. The van der Waals surface area contributed by atoms with Crippen LogP contribution in [0.5, 0.6) is 0 Å². The lowest BCUT2D eigenvalue weighted by Crippen LogP contribution is -2.26. The van der Waals surface area contributed by atoms with Crippen molar-refractivity contribution in [2.75, 3.05) is 32.1 Å². The predicted molar refractivity (Wildman–Crippen MR) is 78.5 cm³/mol. The van der Waals surface area contributed by atoms with Gasteiger partial charge in [-0.05, 0) is 12.8 Å². The number of rotatable bonds is 9. The average molecular weight is 296 g/mol. The van der Waals surface area contributed by atoms with Crippen molar-refractivity contribution in [1.29, 1.82) is 0 Å². The maximum absolute atomic E-state index is 12.1. The molecule has 0 aliphatic carbocycles. The molecule has 21 heavy (non-hydrogen) atoms. The molecule has 0 saturated heterocycles. The van der Waals surface area contributed by atoms with Gasteiger partial charge in [-0.25, -0.2) is 4.98 Å². The summed E-state index contributed by atoms with van der Waals surface area (Å²) < 4.78 is 4.89. The number of amides is 1. The van der Waals surface area contributed by atoms with Crippen LogP contribution in [-0.2, 0) is 4.74 Å². The summed E-state index contributed by atoms with van der Waals surface area (Å²) in [4.78, 5) is 26.3. The number of nitrogens with one attached hydrogen (secondary N) is 2. The monoisotopic (exact) mass is 296 g/mol. The number of carbonyl (C=O) groups is 1. The Balaban J connectivity index is 2.85. The van der Waals surface area contributed by atoms with Gasteiger partial charge in [-0.1, -0.05) is 6.92 Å². The van der Waals surface area contributed by atoms with E-state index in [4.69, 9.17) is 4.74 Å². The summed E-state index contributed by atoms with van der Waals surface area (Å²) >= 11 is 0. The lowest BCUT2D eigenvalue weighted by molar-refractivity contribution is -0.385. The van der Waals surface area contributed by atoms with Crippen LogP contribution >= 0.6 is 0 Å². The molecule has 0 spiro atoms. The van der Waals surface area contributed by atoms with Crippen molar-refractivity contribution in [2.24, 2.45) is 0 Å². The molecule has 0 aromatic carbocycles. The number of nitro groups is 1. The summed E-state index contributed by atoms with van der Waals surface area (Å²) in [5.41, 5.74) is -0.0332. The minimum Gasteiger partial charge on any atom is -0.385 e. The summed E-state index contributed by atoms with van der Waals surface area (Å²) in [6.07, 6.45) is 2.66. The van der Waals surface area contributed by atoms with E-state index in [1.165, 1.54) is 6.07 Å². The second-order valence-corrected chi connectivity index (χ2v) is 4.38. The van der Waals surface area contributed by atoms with Crippen LogP contribution in [0.2, 0.25) is 0 Å². The first-order chi connectivity index (χ1) is 10.1. The van der Waals surface area contributed by atoms with Gasteiger partial charge in [0, 0.05) is 32.9 Å². The molecule has 0 aliphatic heterocycles. The van der Waals surface area contributed by atoms with Gasteiger partial charge in [0.1, 0.15) is 12.0 Å². The Labute approximate surface area is 123 Å². The Bertz CT molecular complexity index is 493. The molecular weight excluding hydrogens is 276 g/mol. The van der Waals surface area contributed by atoms with Crippen LogP contribution in [0.15, 0.2) is 12.3 Å². The smallest absolute Gasteiger partial charge is 0.288 e. The largest absolute Gasteiger partial charge is 0.385 e. The number of nitrogens with zero attached hydrogens (tertiary/aromatic N) is 2. The number of pyridine rings is 1. The Hall–Kier alpha value is -2.22. The molecule has 1 heterocycles. The zero-order valence-electron chi connectivity index (χ0n) is 12.2. The van der Waals surface area contributed by atoms with Crippen LogP contribution < -0.4 is 10.6 Å². The molecule has 8 heteroatoms.